The highest BCUT2D eigenvalue weighted by Crippen LogP contribution is 2.38. The van der Waals surface area contributed by atoms with Crippen LogP contribution in [0.25, 0.3) is 0 Å². The number of nitrogens with two attached hydrogens (primary N) is 1. The van der Waals surface area contributed by atoms with Gasteiger partial charge in [0.25, 0.3) is 5.69 Å². The molecular weight excluding hydrogens is 296 g/mol. The lowest BCUT2D eigenvalue weighted by Gasteiger charge is -2.19. The zero-order valence-electron chi connectivity index (χ0n) is 10.4. The fraction of sp³-hybridized carbons (Fsp3) is 0. The molecule has 0 aromatic heterocycles. The third-order valence-corrected chi connectivity index (χ3v) is 3.67. The van der Waals surface area contributed by atoms with Crippen molar-refractivity contribution in [3.05, 3.63) is 67.7 Å². The molecule has 1 aliphatic carbocycles. The van der Waals surface area contributed by atoms with E-state index in [4.69, 9.17) is 17.3 Å². The van der Waals surface area contributed by atoms with Crippen molar-refractivity contribution in [2.75, 3.05) is 5.73 Å². The van der Waals surface area contributed by atoms with Gasteiger partial charge in [0.05, 0.1) is 21.1 Å². The highest BCUT2D eigenvalue weighted by atomic mass is 35.5. The lowest BCUT2D eigenvalue weighted by atomic mass is 9.82. The van der Waals surface area contributed by atoms with E-state index in [1.54, 1.807) is 0 Å². The van der Waals surface area contributed by atoms with Gasteiger partial charge in [-0.25, -0.2) is 0 Å². The number of benzene rings is 2. The Morgan fingerprint density at radius 3 is 2.38 bits per heavy atom. The summed E-state index contributed by atoms with van der Waals surface area (Å²) in [6.07, 6.45) is 0. The number of hydrogen-bond donors (Lipinski definition) is 1. The number of nitro benzene ring substituents is 1. The van der Waals surface area contributed by atoms with Crippen LogP contribution in [0.5, 0.6) is 0 Å². The number of nitrogens with zero attached hydrogens (tertiary/aromatic N) is 1. The first kappa shape index (κ1) is 13.3. The van der Waals surface area contributed by atoms with Crippen molar-refractivity contribution < 1.29 is 14.5 Å². The van der Waals surface area contributed by atoms with E-state index in [1.807, 2.05) is 0 Å². The molecule has 0 heterocycles. The third kappa shape index (κ3) is 1.73. The van der Waals surface area contributed by atoms with E-state index in [0.717, 1.165) is 0 Å². The number of ketones is 2. The van der Waals surface area contributed by atoms with Crippen molar-refractivity contribution >= 4 is 34.5 Å². The summed E-state index contributed by atoms with van der Waals surface area (Å²) in [6, 6.07) is 6.71. The van der Waals surface area contributed by atoms with Crippen molar-refractivity contribution in [1.82, 2.24) is 0 Å². The fourth-order valence-corrected chi connectivity index (χ4v) is 2.68. The molecule has 7 heteroatoms. The van der Waals surface area contributed by atoms with Gasteiger partial charge < -0.3 is 5.73 Å². The van der Waals surface area contributed by atoms with Crippen LogP contribution in [0.15, 0.2) is 30.3 Å². The van der Waals surface area contributed by atoms with E-state index < -0.39 is 22.2 Å². The van der Waals surface area contributed by atoms with Gasteiger partial charge in [-0.1, -0.05) is 17.7 Å². The van der Waals surface area contributed by atoms with Crippen molar-refractivity contribution in [1.29, 1.82) is 0 Å². The van der Waals surface area contributed by atoms with Crippen LogP contribution in [0.3, 0.4) is 0 Å². The summed E-state index contributed by atoms with van der Waals surface area (Å²) >= 11 is 5.97. The normalized spacial score (nSPS) is 12.8. The van der Waals surface area contributed by atoms with E-state index in [1.165, 1.54) is 30.3 Å². The van der Waals surface area contributed by atoms with Crippen molar-refractivity contribution in [3.8, 4) is 0 Å². The van der Waals surface area contributed by atoms with Gasteiger partial charge >= 0.3 is 0 Å². The first-order chi connectivity index (χ1) is 9.93. The number of nitrogen functional groups attached to an aromatic ring is 1. The summed E-state index contributed by atoms with van der Waals surface area (Å²) in [5.74, 6) is -1.20. The Morgan fingerprint density at radius 2 is 1.71 bits per heavy atom. The van der Waals surface area contributed by atoms with E-state index in [-0.39, 0.29) is 33.0 Å². The summed E-state index contributed by atoms with van der Waals surface area (Å²) in [4.78, 5) is 35.4. The van der Waals surface area contributed by atoms with Crippen LogP contribution in [-0.4, -0.2) is 16.5 Å². The second-order valence-corrected chi connectivity index (χ2v) is 4.91. The molecule has 0 spiro atoms. The molecule has 0 amide bonds. The number of hydrogen-bond acceptors (Lipinski definition) is 5. The Morgan fingerprint density at radius 1 is 1.00 bits per heavy atom. The minimum absolute atomic E-state index is 0.000461. The smallest absolute Gasteiger partial charge is 0.281 e. The number of carbonyl (C=O) groups is 2. The van der Waals surface area contributed by atoms with Gasteiger partial charge in [-0.05, 0) is 18.2 Å². The summed E-state index contributed by atoms with van der Waals surface area (Å²) in [5, 5.41) is 11.1. The van der Waals surface area contributed by atoms with E-state index >= 15 is 0 Å². The Bertz CT molecular complexity index is 845. The summed E-state index contributed by atoms with van der Waals surface area (Å²) in [7, 11) is 0. The van der Waals surface area contributed by atoms with Gasteiger partial charge in [0.2, 0.25) is 5.78 Å². The Hall–Kier alpha value is -2.73. The predicted molar refractivity (Wildman–Crippen MR) is 75.8 cm³/mol. The monoisotopic (exact) mass is 302 g/mol. The number of rotatable bonds is 1. The maximum atomic E-state index is 12.6. The van der Waals surface area contributed by atoms with Crippen LogP contribution in [-0.2, 0) is 0 Å². The highest BCUT2D eigenvalue weighted by molar-refractivity contribution is 6.40. The molecule has 0 bridgehead atoms. The molecule has 0 saturated heterocycles. The predicted octanol–water partition coefficient (Wildman–Crippen LogP) is 2.61. The third-order valence-electron chi connectivity index (χ3n) is 3.35. The minimum atomic E-state index is -0.699. The first-order valence-corrected chi connectivity index (χ1v) is 6.26. The number of nitro groups is 1. The number of anilines is 1. The second kappa shape index (κ2) is 4.39. The first-order valence-electron chi connectivity index (χ1n) is 5.88. The van der Waals surface area contributed by atoms with Gasteiger partial charge in [0.15, 0.2) is 5.78 Å². The summed E-state index contributed by atoms with van der Waals surface area (Å²) in [6.45, 7) is 0. The van der Waals surface area contributed by atoms with Crippen molar-refractivity contribution in [2.24, 2.45) is 0 Å². The van der Waals surface area contributed by atoms with Gasteiger partial charge in [0, 0.05) is 17.3 Å². The maximum Gasteiger partial charge on any atom is 0.281 e. The topological polar surface area (TPSA) is 103 Å². The van der Waals surface area contributed by atoms with Gasteiger partial charge in [0.1, 0.15) is 5.56 Å². The number of carbonyl (C=O) groups excluding carboxylic acids is 2. The van der Waals surface area contributed by atoms with Crippen LogP contribution in [0.2, 0.25) is 5.02 Å². The van der Waals surface area contributed by atoms with Gasteiger partial charge in [-0.2, -0.15) is 0 Å². The fourth-order valence-electron chi connectivity index (χ4n) is 2.44. The Balaban J connectivity index is 2.42. The van der Waals surface area contributed by atoms with Crippen LogP contribution < -0.4 is 5.73 Å². The number of fused-ring (bicyclic) bond motifs is 2. The van der Waals surface area contributed by atoms with Gasteiger partial charge in [-0.15, -0.1) is 0 Å². The SMILES string of the molecule is Nc1ccc(Cl)c2c1C(=O)c1cccc([N+](=O)[O-])c1C2=O. The average Bonchev–Trinajstić information content (AvgIpc) is 2.46. The summed E-state index contributed by atoms with van der Waals surface area (Å²) < 4.78 is 0. The molecule has 104 valence electrons. The van der Waals surface area contributed by atoms with E-state index in [9.17, 15) is 19.7 Å². The highest BCUT2D eigenvalue weighted by Gasteiger charge is 2.37. The molecule has 0 unspecified atom stereocenters. The molecule has 0 radical (unpaired) electrons. The quantitative estimate of drug-likeness (QED) is 0.423. The molecule has 0 atom stereocenters. The van der Waals surface area contributed by atoms with Crippen LogP contribution in [0.1, 0.15) is 31.8 Å². The van der Waals surface area contributed by atoms with E-state index in [0.29, 0.717) is 0 Å². The zero-order valence-corrected chi connectivity index (χ0v) is 11.2. The molecule has 0 aliphatic heterocycles. The molecule has 2 aromatic carbocycles. The molecule has 2 N–H and O–H groups in total. The molecule has 6 nitrogen and oxygen atoms in total. The molecule has 1 aliphatic rings. The standard InChI is InChI=1S/C14H7ClN2O4/c15-7-4-5-8(16)12-11(7)14(19)10-6(13(12)18)2-1-3-9(10)17(20)21/h1-5H,16H2. The largest absolute Gasteiger partial charge is 0.398 e. The van der Waals surface area contributed by atoms with Crippen molar-refractivity contribution in [2.45, 2.75) is 0 Å². The molecule has 2 aromatic rings. The Kier molecular flexibility index (Phi) is 2.77. The van der Waals surface area contributed by atoms with E-state index in [2.05, 4.69) is 0 Å². The van der Waals surface area contributed by atoms with Crippen LogP contribution in [0, 0.1) is 10.1 Å². The summed E-state index contributed by atoms with van der Waals surface area (Å²) in [5.41, 5.74) is 5.09. The minimum Gasteiger partial charge on any atom is -0.398 e. The molecule has 0 saturated carbocycles. The lowest BCUT2D eigenvalue weighted by Crippen LogP contribution is -2.24. The van der Waals surface area contributed by atoms with Gasteiger partial charge in [-0.3, -0.25) is 19.7 Å². The molecule has 3 rings (SSSR count). The Labute approximate surface area is 123 Å². The lowest BCUT2D eigenvalue weighted by molar-refractivity contribution is -0.385. The second-order valence-electron chi connectivity index (χ2n) is 4.50. The van der Waals surface area contributed by atoms with Crippen LogP contribution >= 0.6 is 11.6 Å². The number of halogens is 1. The average molecular weight is 303 g/mol. The van der Waals surface area contributed by atoms with Crippen molar-refractivity contribution in [3.63, 3.8) is 0 Å². The molecule has 21 heavy (non-hydrogen) atoms. The van der Waals surface area contributed by atoms with Crippen LogP contribution in [0.4, 0.5) is 11.4 Å². The molecule has 0 fully saturated rings. The maximum absolute atomic E-state index is 12.6. The molecular formula is C14H7ClN2O4. The zero-order chi connectivity index (χ0) is 15.3.